The Bertz CT molecular complexity index is 1520. The molecule has 0 heterocycles. The van der Waals surface area contributed by atoms with Gasteiger partial charge in [-0.15, -0.1) is 0 Å². The van der Waals surface area contributed by atoms with E-state index in [-0.39, 0.29) is 31.1 Å². The molecule has 482 valence electrons. The Labute approximate surface area is 516 Å². The second-order valence-electron chi connectivity index (χ2n) is 24.5. The zero-order valence-corrected chi connectivity index (χ0v) is 55.5. The average molecular weight is 1160 g/mol. The number of esters is 3. The first-order valence-electron chi connectivity index (χ1n) is 36.4. The summed E-state index contributed by atoms with van der Waals surface area (Å²) in [7, 11) is 0. The number of rotatable bonds is 67. The van der Waals surface area contributed by atoms with Crippen molar-refractivity contribution in [2.45, 2.75) is 386 Å². The number of hydrogen-bond acceptors (Lipinski definition) is 6. The molecule has 0 aliphatic rings. The molecule has 0 saturated heterocycles. The Morgan fingerprint density at radius 1 is 0.241 bits per heavy atom. The lowest BCUT2D eigenvalue weighted by molar-refractivity contribution is -0.167. The second-order valence-corrected chi connectivity index (χ2v) is 24.5. The second kappa shape index (κ2) is 71.3. The predicted molar refractivity (Wildman–Crippen MR) is 362 cm³/mol. The van der Waals surface area contributed by atoms with Crippen molar-refractivity contribution >= 4 is 17.9 Å². The molecule has 83 heavy (non-hydrogen) atoms. The summed E-state index contributed by atoms with van der Waals surface area (Å²) in [5, 5.41) is 0. The Kier molecular flexibility index (Phi) is 68.6. The minimum absolute atomic E-state index is 0.0804. The molecule has 0 aromatic rings. The molecule has 0 saturated carbocycles. The van der Waals surface area contributed by atoms with Crippen LogP contribution < -0.4 is 0 Å². The maximum atomic E-state index is 13.0. The van der Waals surface area contributed by atoms with Crippen molar-refractivity contribution in [3.63, 3.8) is 0 Å². The summed E-state index contributed by atoms with van der Waals surface area (Å²) >= 11 is 0. The summed E-state index contributed by atoms with van der Waals surface area (Å²) in [6, 6.07) is 0. The highest BCUT2D eigenvalue weighted by Crippen LogP contribution is 2.18. The van der Waals surface area contributed by atoms with Gasteiger partial charge in [0, 0.05) is 19.3 Å². The largest absolute Gasteiger partial charge is 0.462 e. The lowest BCUT2D eigenvalue weighted by Gasteiger charge is -2.18. The molecule has 0 fully saturated rings. The van der Waals surface area contributed by atoms with E-state index in [9.17, 15) is 14.4 Å². The van der Waals surface area contributed by atoms with Gasteiger partial charge in [-0.3, -0.25) is 14.4 Å². The van der Waals surface area contributed by atoms with E-state index in [2.05, 4.69) is 93.7 Å². The lowest BCUT2D eigenvalue weighted by Crippen LogP contribution is -2.30. The van der Waals surface area contributed by atoms with Gasteiger partial charge in [-0.05, 0) is 116 Å². The van der Waals surface area contributed by atoms with E-state index in [0.717, 1.165) is 96.3 Å². The summed E-state index contributed by atoms with van der Waals surface area (Å²) in [5.41, 5.74) is 0. The third kappa shape index (κ3) is 69.5. The van der Waals surface area contributed by atoms with Gasteiger partial charge >= 0.3 is 17.9 Å². The van der Waals surface area contributed by atoms with Crippen molar-refractivity contribution < 1.29 is 28.6 Å². The van der Waals surface area contributed by atoms with Gasteiger partial charge in [0.05, 0.1) is 0 Å². The summed E-state index contributed by atoms with van der Waals surface area (Å²) in [6.07, 6.45) is 93.6. The fraction of sp³-hybridized carbons (Fsp3) is 0.805. The Morgan fingerprint density at radius 2 is 0.434 bits per heavy atom. The highest BCUT2D eigenvalue weighted by molar-refractivity contribution is 5.71. The van der Waals surface area contributed by atoms with Crippen LogP contribution in [-0.2, 0) is 28.6 Å². The van der Waals surface area contributed by atoms with E-state index in [1.54, 1.807) is 0 Å². The number of carbonyl (C=O) groups excluding carboxylic acids is 3. The standard InChI is InChI=1S/C77H138O6/c1-4-7-10-13-16-19-22-25-28-30-32-34-36-37-38-39-41-42-44-46-49-52-55-58-61-64-67-70-76(79)82-73-74(72-81-75(78)69-66-63-60-57-54-51-48-27-24-21-18-15-12-9-6-3)83-77(80)71-68-65-62-59-56-53-50-47-45-43-40-35-33-31-29-26-23-20-17-14-11-8-5-2/h18,21,23,26-27,30-33,40,43,48,74H,4-17,19-20,22,24-25,28-29,34-39,41-42,44-47,49-73H2,1-3H3/b21-18-,26-23-,32-30-,33-31-,43-40-,48-27-. The molecule has 1 unspecified atom stereocenters. The van der Waals surface area contributed by atoms with Gasteiger partial charge in [0.2, 0.25) is 0 Å². The maximum Gasteiger partial charge on any atom is 0.306 e. The fourth-order valence-corrected chi connectivity index (χ4v) is 10.7. The smallest absolute Gasteiger partial charge is 0.306 e. The molecule has 0 radical (unpaired) electrons. The molecule has 0 aromatic heterocycles. The van der Waals surface area contributed by atoms with E-state index in [1.807, 2.05) is 0 Å². The number of allylic oxidation sites excluding steroid dienone is 12. The molecule has 0 rings (SSSR count). The van der Waals surface area contributed by atoms with E-state index >= 15 is 0 Å². The molecule has 6 heteroatoms. The molecule has 0 aliphatic heterocycles. The van der Waals surface area contributed by atoms with Crippen LogP contribution in [0.2, 0.25) is 0 Å². The molecule has 0 aromatic carbocycles. The molecule has 1 atom stereocenters. The van der Waals surface area contributed by atoms with Gasteiger partial charge in [0.15, 0.2) is 6.10 Å². The maximum absolute atomic E-state index is 13.0. The first kappa shape index (κ1) is 79.8. The van der Waals surface area contributed by atoms with Crippen LogP contribution in [0.3, 0.4) is 0 Å². The van der Waals surface area contributed by atoms with Gasteiger partial charge in [-0.1, -0.05) is 318 Å². The number of hydrogen-bond donors (Lipinski definition) is 0. The van der Waals surface area contributed by atoms with Crippen LogP contribution in [0, 0.1) is 0 Å². The van der Waals surface area contributed by atoms with E-state index in [0.29, 0.717) is 19.3 Å². The minimum Gasteiger partial charge on any atom is -0.462 e. The molecule has 0 spiro atoms. The minimum atomic E-state index is -0.787. The van der Waals surface area contributed by atoms with Crippen LogP contribution in [0.15, 0.2) is 72.9 Å². The van der Waals surface area contributed by atoms with Crippen molar-refractivity contribution in [2.24, 2.45) is 0 Å². The number of unbranched alkanes of at least 4 members (excludes halogenated alkanes) is 44. The molecule has 0 aliphatic carbocycles. The van der Waals surface area contributed by atoms with Crippen molar-refractivity contribution in [1.29, 1.82) is 0 Å². The fourth-order valence-electron chi connectivity index (χ4n) is 10.7. The van der Waals surface area contributed by atoms with Crippen LogP contribution in [0.25, 0.3) is 0 Å². The summed E-state index contributed by atoms with van der Waals surface area (Å²) < 4.78 is 17.0. The average Bonchev–Trinajstić information content (AvgIpc) is 3.49. The monoisotopic (exact) mass is 1160 g/mol. The quantitative estimate of drug-likeness (QED) is 0.0261. The topological polar surface area (TPSA) is 78.9 Å². The summed E-state index contributed by atoms with van der Waals surface area (Å²) in [6.45, 7) is 6.64. The van der Waals surface area contributed by atoms with E-state index < -0.39 is 6.10 Å². The van der Waals surface area contributed by atoms with E-state index in [1.165, 1.54) is 244 Å². The van der Waals surface area contributed by atoms with Crippen molar-refractivity contribution in [3.05, 3.63) is 72.9 Å². The summed E-state index contributed by atoms with van der Waals surface area (Å²) in [5.74, 6) is -0.881. The predicted octanol–water partition coefficient (Wildman–Crippen LogP) is 25.2. The third-order valence-electron chi connectivity index (χ3n) is 16.2. The molecule has 0 N–H and O–H groups in total. The normalized spacial score (nSPS) is 12.5. The van der Waals surface area contributed by atoms with Gasteiger partial charge < -0.3 is 14.2 Å². The molecular formula is C77H138O6. The first-order valence-corrected chi connectivity index (χ1v) is 36.4. The zero-order valence-electron chi connectivity index (χ0n) is 55.5. The Hall–Kier alpha value is -3.15. The third-order valence-corrected chi connectivity index (χ3v) is 16.2. The van der Waals surface area contributed by atoms with E-state index in [4.69, 9.17) is 14.2 Å². The highest BCUT2D eigenvalue weighted by atomic mass is 16.6. The molecule has 0 bridgehead atoms. The van der Waals surface area contributed by atoms with Crippen LogP contribution in [0.5, 0.6) is 0 Å². The molecule has 6 nitrogen and oxygen atoms in total. The van der Waals surface area contributed by atoms with Crippen LogP contribution >= 0.6 is 0 Å². The number of carbonyl (C=O) groups is 3. The first-order chi connectivity index (χ1) is 41.0. The lowest BCUT2D eigenvalue weighted by atomic mass is 10.0. The van der Waals surface area contributed by atoms with Gasteiger partial charge in [-0.2, -0.15) is 0 Å². The molecular weight excluding hydrogens is 1020 g/mol. The Morgan fingerprint density at radius 3 is 0.711 bits per heavy atom. The zero-order chi connectivity index (χ0) is 59.9. The Balaban J connectivity index is 4.30. The van der Waals surface area contributed by atoms with Crippen LogP contribution in [0.1, 0.15) is 380 Å². The van der Waals surface area contributed by atoms with Gasteiger partial charge in [0.25, 0.3) is 0 Å². The van der Waals surface area contributed by atoms with Gasteiger partial charge in [-0.25, -0.2) is 0 Å². The highest BCUT2D eigenvalue weighted by Gasteiger charge is 2.19. The SMILES string of the molecule is CCCCC/C=C\C/C=C\CCCCCCCC(=O)OCC(COC(=O)CCCCCCCCCCCCCCCCC/C=C\CCCCCCCCCC)OC(=O)CCCCCCCCCC/C=C\C/C=C\C/C=C\CCCCCCC. The van der Waals surface area contributed by atoms with Crippen LogP contribution in [0.4, 0.5) is 0 Å². The summed E-state index contributed by atoms with van der Waals surface area (Å²) in [4.78, 5) is 38.5. The van der Waals surface area contributed by atoms with Crippen molar-refractivity contribution in [1.82, 2.24) is 0 Å². The van der Waals surface area contributed by atoms with Crippen molar-refractivity contribution in [2.75, 3.05) is 13.2 Å². The molecule has 0 amide bonds. The van der Waals surface area contributed by atoms with Gasteiger partial charge in [0.1, 0.15) is 13.2 Å². The number of ether oxygens (including phenoxy) is 3. The van der Waals surface area contributed by atoms with Crippen LogP contribution in [-0.4, -0.2) is 37.2 Å². The van der Waals surface area contributed by atoms with Crippen molar-refractivity contribution in [3.8, 4) is 0 Å².